The molecule has 2 rings (SSSR count). The number of carbonyl (C=O) groups is 2. The number of carbonyl (C=O) groups excluding carboxylic acids is 1. The Labute approximate surface area is 101 Å². The zero-order valence-electron chi connectivity index (χ0n) is 10.4. The summed E-state index contributed by atoms with van der Waals surface area (Å²) < 4.78 is 5.72. The minimum atomic E-state index is -0.910. The van der Waals surface area contributed by atoms with Gasteiger partial charge in [-0.25, -0.2) is 0 Å². The van der Waals surface area contributed by atoms with Gasteiger partial charge in [0.2, 0.25) is 0 Å². The molecule has 0 spiro atoms. The maximum atomic E-state index is 12.0. The zero-order valence-corrected chi connectivity index (χ0v) is 10.4. The van der Waals surface area contributed by atoms with E-state index in [9.17, 15) is 9.59 Å². The fourth-order valence-corrected chi connectivity index (χ4v) is 2.69. The van der Waals surface area contributed by atoms with E-state index in [1.165, 1.54) is 0 Å². The van der Waals surface area contributed by atoms with Gasteiger partial charge in [0.25, 0.3) is 0 Å². The molecule has 0 radical (unpaired) electrons. The number of aliphatic carboxylic acids is 1. The van der Waals surface area contributed by atoms with Crippen LogP contribution >= 0.6 is 0 Å². The number of carboxylic acid groups (broad SMARTS) is 1. The SMILES string of the molecule is CC1OC2=C(C(=O)CC(C(=O)O)C2)C(C)C1C. The van der Waals surface area contributed by atoms with Crippen LogP contribution < -0.4 is 0 Å². The topological polar surface area (TPSA) is 63.6 Å². The fourth-order valence-electron chi connectivity index (χ4n) is 2.69. The molecule has 2 aliphatic rings. The number of hydrogen-bond donors (Lipinski definition) is 1. The lowest BCUT2D eigenvalue weighted by Crippen LogP contribution is -2.38. The number of allylic oxidation sites excluding steroid dienone is 2. The summed E-state index contributed by atoms with van der Waals surface area (Å²) in [4.78, 5) is 23.0. The van der Waals surface area contributed by atoms with Crippen LogP contribution in [-0.2, 0) is 14.3 Å². The average Bonchev–Trinajstić information content (AvgIpc) is 2.25. The Kier molecular flexibility index (Phi) is 2.98. The van der Waals surface area contributed by atoms with Crippen molar-refractivity contribution in [3.8, 4) is 0 Å². The van der Waals surface area contributed by atoms with Crippen molar-refractivity contribution in [3.63, 3.8) is 0 Å². The molecule has 4 heteroatoms. The van der Waals surface area contributed by atoms with Gasteiger partial charge in [-0.3, -0.25) is 9.59 Å². The lowest BCUT2D eigenvalue weighted by atomic mass is 9.75. The largest absolute Gasteiger partial charge is 0.494 e. The van der Waals surface area contributed by atoms with Crippen molar-refractivity contribution >= 4 is 11.8 Å². The van der Waals surface area contributed by atoms with Gasteiger partial charge in [-0.15, -0.1) is 0 Å². The predicted molar refractivity (Wildman–Crippen MR) is 61.3 cm³/mol. The maximum absolute atomic E-state index is 12.0. The van der Waals surface area contributed by atoms with Crippen molar-refractivity contribution in [2.45, 2.75) is 39.7 Å². The molecular formula is C13H18O4. The highest BCUT2D eigenvalue weighted by atomic mass is 16.5. The summed E-state index contributed by atoms with van der Waals surface area (Å²) in [5.41, 5.74) is 0.730. The van der Waals surface area contributed by atoms with E-state index in [0.29, 0.717) is 18.1 Å². The van der Waals surface area contributed by atoms with Gasteiger partial charge in [0.15, 0.2) is 5.78 Å². The lowest BCUT2D eigenvalue weighted by Gasteiger charge is -2.38. The molecule has 0 amide bonds. The Morgan fingerprint density at radius 3 is 2.53 bits per heavy atom. The van der Waals surface area contributed by atoms with Gasteiger partial charge < -0.3 is 9.84 Å². The third-order valence-electron chi connectivity index (χ3n) is 4.13. The molecule has 0 fully saturated rings. The van der Waals surface area contributed by atoms with Gasteiger partial charge >= 0.3 is 5.97 Å². The number of rotatable bonds is 1. The molecule has 4 nitrogen and oxygen atoms in total. The van der Waals surface area contributed by atoms with Crippen LogP contribution in [0.4, 0.5) is 0 Å². The average molecular weight is 238 g/mol. The Hall–Kier alpha value is -1.32. The van der Waals surface area contributed by atoms with Crippen LogP contribution in [0.1, 0.15) is 33.6 Å². The Morgan fingerprint density at radius 2 is 1.94 bits per heavy atom. The first-order valence-electron chi connectivity index (χ1n) is 6.07. The molecule has 0 aromatic heterocycles. The van der Waals surface area contributed by atoms with Crippen molar-refractivity contribution in [1.29, 1.82) is 0 Å². The fraction of sp³-hybridized carbons (Fsp3) is 0.692. The molecule has 0 bridgehead atoms. The van der Waals surface area contributed by atoms with Crippen LogP contribution in [0, 0.1) is 17.8 Å². The van der Waals surface area contributed by atoms with Gasteiger partial charge in [0, 0.05) is 18.4 Å². The zero-order chi connectivity index (χ0) is 12.7. The summed E-state index contributed by atoms with van der Waals surface area (Å²) in [5.74, 6) is -0.506. The third-order valence-corrected chi connectivity index (χ3v) is 4.13. The second kappa shape index (κ2) is 4.17. The number of ketones is 1. The second-order valence-electron chi connectivity index (χ2n) is 5.17. The molecule has 17 heavy (non-hydrogen) atoms. The van der Waals surface area contributed by atoms with Crippen LogP contribution in [0.25, 0.3) is 0 Å². The first kappa shape index (κ1) is 12.1. The molecule has 4 atom stereocenters. The summed E-state index contributed by atoms with van der Waals surface area (Å²) >= 11 is 0. The van der Waals surface area contributed by atoms with Crippen LogP contribution in [0.5, 0.6) is 0 Å². The van der Waals surface area contributed by atoms with Gasteiger partial charge in [-0.1, -0.05) is 13.8 Å². The van der Waals surface area contributed by atoms with Gasteiger partial charge in [-0.2, -0.15) is 0 Å². The van der Waals surface area contributed by atoms with Gasteiger partial charge in [0.05, 0.1) is 12.0 Å². The standard InChI is InChI=1S/C13H18O4/c1-6-7(2)12-10(14)4-9(13(15)16)5-11(12)17-8(6)3/h6-9H,4-5H2,1-3H3,(H,15,16). The third kappa shape index (κ3) is 1.96. The van der Waals surface area contributed by atoms with Crippen LogP contribution in [-0.4, -0.2) is 23.0 Å². The van der Waals surface area contributed by atoms with Gasteiger partial charge in [0.1, 0.15) is 5.76 Å². The second-order valence-corrected chi connectivity index (χ2v) is 5.17. The molecule has 1 N–H and O–H groups in total. The van der Waals surface area contributed by atoms with E-state index in [4.69, 9.17) is 9.84 Å². The van der Waals surface area contributed by atoms with Crippen molar-refractivity contribution < 1.29 is 19.4 Å². The van der Waals surface area contributed by atoms with Crippen molar-refractivity contribution in [2.24, 2.45) is 17.8 Å². The normalized spacial score (nSPS) is 37.5. The molecule has 1 heterocycles. The molecule has 1 aliphatic heterocycles. The first-order valence-corrected chi connectivity index (χ1v) is 6.07. The smallest absolute Gasteiger partial charge is 0.307 e. The quantitative estimate of drug-likeness (QED) is 0.758. The molecule has 1 aliphatic carbocycles. The molecule has 0 saturated carbocycles. The van der Waals surface area contributed by atoms with Crippen molar-refractivity contribution in [3.05, 3.63) is 11.3 Å². The first-order chi connectivity index (χ1) is 7.91. The highest BCUT2D eigenvalue weighted by Gasteiger charge is 2.41. The summed E-state index contributed by atoms with van der Waals surface area (Å²) in [5, 5.41) is 9.00. The Balaban J connectivity index is 2.34. The lowest BCUT2D eigenvalue weighted by molar-refractivity contribution is -0.145. The van der Waals surface area contributed by atoms with E-state index in [0.717, 1.165) is 5.57 Å². The number of carboxylic acids is 1. The summed E-state index contributed by atoms with van der Waals surface area (Å²) in [6, 6.07) is 0. The minimum absolute atomic E-state index is 0.0455. The molecule has 4 unspecified atom stereocenters. The van der Waals surface area contributed by atoms with Crippen LogP contribution in [0.2, 0.25) is 0 Å². The number of hydrogen-bond acceptors (Lipinski definition) is 3. The van der Waals surface area contributed by atoms with E-state index in [-0.39, 0.29) is 24.2 Å². The monoisotopic (exact) mass is 238 g/mol. The maximum Gasteiger partial charge on any atom is 0.307 e. The Morgan fingerprint density at radius 1 is 1.29 bits per heavy atom. The molecular weight excluding hydrogens is 220 g/mol. The van der Waals surface area contributed by atoms with E-state index in [1.807, 2.05) is 13.8 Å². The van der Waals surface area contributed by atoms with Crippen LogP contribution in [0.15, 0.2) is 11.3 Å². The van der Waals surface area contributed by atoms with Crippen molar-refractivity contribution in [2.75, 3.05) is 0 Å². The van der Waals surface area contributed by atoms with Crippen LogP contribution in [0.3, 0.4) is 0 Å². The minimum Gasteiger partial charge on any atom is -0.494 e. The van der Waals surface area contributed by atoms with Crippen molar-refractivity contribution in [1.82, 2.24) is 0 Å². The Bertz CT molecular complexity index is 396. The summed E-state index contributed by atoms with van der Waals surface area (Å²) in [7, 11) is 0. The molecule has 0 aromatic rings. The summed E-state index contributed by atoms with van der Waals surface area (Å²) in [6.45, 7) is 6.06. The van der Waals surface area contributed by atoms with E-state index < -0.39 is 11.9 Å². The number of ether oxygens (including phenoxy) is 1. The highest BCUT2D eigenvalue weighted by molar-refractivity contribution is 5.99. The number of Topliss-reactive ketones (excluding diaryl/α,β-unsaturated/α-hetero) is 1. The van der Waals surface area contributed by atoms with E-state index >= 15 is 0 Å². The predicted octanol–water partition coefficient (Wildman–Crippen LogP) is 2.00. The van der Waals surface area contributed by atoms with E-state index in [1.54, 1.807) is 0 Å². The van der Waals surface area contributed by atoms with E-state index in [2.05, 4.69) is 6.92 Å². The molecule has 94 valence electrons. The van der Waals surface area contributed by atoms with Gasteiger partial charge in [-0.05, 0) is 18.8 Å². The molecule has 0 aromatic carbocycles. The highest BCUT2D eigenvalue weighted by Crippen LogP contribution is 2.40. The summed E-state index contributed by atoms with van der Waals surface area (Å²) in [6.07, 6.45) is 0.518. The molecule has 0 saturated heterocycles.